The molecule has 0 aliphatic rings. The van der Waals surface area contributed by atoms with Crippen molar-refractivity contribution in [1.82, 2.24) is 5.48 Å². The summed E-state index contributed by atoms with van der Waals surface area (Å²) in [5.41, 5.74) is 4.62. The summed E-state index contributed by atoms with van der Waals surface area (Å²) in [6, 6.07) is 0. The van der Waals surface area contributed by atoms with Gasteiger partial charge in [0.2, 0.25) is 0 Å². The van der Waals surface area contributed by atoms with Gasteiger partial charge in [-0.05, 0) is 13.8 Å². The molecule has 1 aromatic rings. The maximum atomic E-state index is 8.81. The Kier molecular flexibility index (Phi) is 4.41. The first-order valence-electron chi connectivity index (χ1n) is 4.84. The van der Waals surface area contributed by atoms with E-state index in [9.17, 15) is 0 Å². The van der Waals surface area contributed by atoms with Crippen LogP contribution in [0.15, 0.2) is 0 Å². The van der Waals surface area contributed by atoms with Gasteiger partial charge in [-0.2, -0.15) is 0 Å². The largest absolute Gasteiger partial charge is 0.496 e. The van der Waals surface area contributed by atoms with Crippen molar-refractivity contribution >= 4 is 11.6 Å². The van der Waals surface area contributed by atoms with E-state index in [-0.39, 0.29) is 6.54 Å². The van der Waals surface area contributed by atoms with Crippen molar-refractivity contribution < 1.29 is 14.7 Å². The number of hydroxylamine groups is 1. The summed E-state index contributed by atoms with van der Waals surface area (Å²) in [7, 11) is 3.14. The van der Waals surface area contributed by atoms with Crippen LogP contribution in [0, 0.1) is 13.8 Å². The number of halogens is 1. The summed E-state index contributed by atoms with van der Waals surface area (Å²) in [5, 5.41) is 9.35. The average molecular weight is 246 g/mol. The molecule has 0 amide bonds. The van der Waals surface area contributed by atoms with Crippen molar-refractivity contribution in [2.24, 2.45) is 0 Å². The van der Waals surface area contributed by atoms with Crippen molar-refractivity contribution in [1.29, 1.82) is 0 Å². The van der Waals surface area contributed by atoms with Crippen LogP contribution in [0.4, 0.5) is 0 Å². The third-order valence-electron chi connectivity index (χ3n) is 2.60. The SMILES string of the molecule is COc1c(C)c(CNO)c(OC)c(C)c1Cl. The summed E-state index contributed by atoms with van der Waals surface area (Å²) in [6.45, 7) is 4.01. The first kappa shape index (κ1) is 13.1. The molecule has 0 atom stereocenters. The van der Waals surface area contributed by atoms with E-state index in [4.69, 9.17) is 26.3 Å². The molecular formula is C11H16ClNO3. The van der Waals surface area contributed by atoms with Crippen molar-refractivity contribution in [2.75, 3.05) is 14.2 Å². The highest BCUT2D eigenvalue weighted by Gasteiger charge is 2.19. The minimum atomic E-state index is 0.281. The molecule has 1 rings (SSSR count). The van der Waals surface area contributed by atoms with Gasteiger partial charge < -0.3 is 14.7 Å². The van der Waals surface area contributed by atoms with Crippen LogP contribution in [-0.2, 0) is 6.54 Å². The lowest BCUT2D eigenvalue weighted by Gasteiger charge is -2.18. The molecule has 16 heavy (non-hydrogen) atoms. The number of hydrogen-bond acceptors (Lipinski definition) is 4. The summed E-state index contributed by atoms with van der Waals surface area (Å²) in [5.74, 6) is 1.29. The molecule has 0 heterocycles. The summed E-state index contributed by atoms with van der Waals surface area (Å²) >= 11 is 6.17. The number of rotatable bonds is 4. The van der Waals surface area contributed by atoms with Crippen molar-refractivity contribution in [3.05, 3.63) is 21.7 Å². The maximum Gasteiger partial charge on any atom is 0.141 e. The van der Waals surface area contributed by atoms with Gasteiger partial charge in [-0.15, -0.1) is 0 Å². The fourth-order valence-electron chi connectivity index (χ4n) is 1.78. The monoisotopic (exact) mass is 245 g/mol. The number of hydrogen-bond donors (Lipinski definition) is 2. The van der Waals surface area contributed by atoms with Gasteiger partial charge in [-0.25, -0.2) is 5.48 Å². The highest BCUT2D eigenvalue weighted by Crippen LogP contribution is 2.40. The minimum Gasteiger partial charge on any atom is -0.496 e. The van der Waals surface area contributed by atoms with Crippen molar-refractivity contribution in [2.45, 2.75) is 20.4 Å². The zero-order valence-corrected chi connectivity index (χ0v) is 10.6. The summed E-state index contributed by atoms with van der Waals surface area (Å²) in [6.07, 6.45) is 0. The average Bonchev–Trinajstić information content (AvgIpc) is 2.27. The molecule has 0 unspecified atom stereocenters. The van der Waals surface area contributed by atoms with Gasteiger partial charge in [0.25, 0.3) is 0 Å². The molecule has 0 radical (unpaired) electrons. The van der Waals surface area contributed by atoms with Gasteiger partial charge >= 0.3 is 0 Å². The van der Waals surface area contributed by atoms with Crippen LogP contribution in [0.25, 0.3) is 0 Å². The zero-order valence-electron chi connectivity index (χ0n) is 9.85. The van der Waals surface area contributed by atoms with Crippen LogP contribution in [0.2, 0.25) is 5.02 Å². The second-order valence-corrected chi connectivity index (χ2v) is 3.82. The predicted molar refractivity (Wildman–Crippen MR) is 62.7 cm³/mol. The Bertz CT molecular complexity index is 394. The predicted octanol–water partition coefficient (Wildman–Crippen LogP) is 2.45. The van der Waals surface area contributed by atoms with Crippen LogP contribution in [0.3, 0.4) is 0 Å². The second kappa shape index (κ2) is 5.39. The Morgan fingerprint density at radius 2 is 1.69 bits per heavy atom. The number of benzene rings is 1. The molecule has 4 nitrogen and oxygen atoms in total. The van der Waals surface area contributed by atoms with E-state index in [1.807, 2.05) is 13.8 Å². The molecular weight excluding hydrogens is 230 g/mol. The molecule has 1 aromatic carbocycles. The Labute approximate surface area is 100 Å². The molecule has 0 fully saturated rings. The Hall–Kier alpha value is -0.970. The first-order chi connectivity index (χ1) is 7.58. The fraction of sp³-hybridized carbons (Fsp3) is 0.455. The Morgan fingerprint density at radius 1 is 1.12 bits per heavy atom. The smallest absolute Gasteiger partial charge is 0.141 e. The molecule has 5 heteroatoms. The summed E-state index contributed by atoms with van der Waals surface area (Å²) < 4.78 is 10.5. The van der Waals surface area contributed by atoms with Crippen LogP contribution in [0.5, 0.6) is 11.5 Å². The third-order valence-corrected chi connectivity index (χ3v) is 3.06. The highest BCUT2D eigenvalue weighted by atomic mass is 35.5. The van der Waals surface area contributed by atoms with Crippen LogP contribution >= 0.6 is 11.6 Å². The van der Waals surface area contributed by atoms with Crippen LogP contribution in [0.1, 0.15) is 16.7 Å². The van der Waals surface area contributed by atoms with E-state index in [0.717, 1.165) is 16.7 Å². The fourth-order valence-corrected chi connectivity index (χ4v) is 2.08. The maximum absolute atomic E-state index is 8.81. The molecule has 0 bridgehead atoms. The molecule has 0 aliphatic carbocycles. The van der Waals surface area contributed by atoms with Gasteiger partial charge in [0, 0.05) is 23.2 Å². The number of methoxy groups -OCH3 is 2. The molecule has 0 spiro atoms. The molecule has 0 aliphatic heterocycles. The quantitative estimate of drug-likeness (QED) is 0.800. The standard InChI is InChI=1S/C11H16ClNO3/c1-6-8(5-13-14)10(15-3)7(2)9(12)11(6)16-4/h13-14H,5H2,1-4H3. The molecule has 2 N–H and O–H groups in total. The lowest BCUT2D eigenvalue weighted by Crippen LogP contribution is -2.11. The molecule has 0 saturated carbocycles. The third kappa shape index (κ3) is 2.09. The van der Waals surface area contributed by atoms with Crippen LogP contribution < -0.4 is 15.0 Å². The molecule has 0 aromatic heterocycles. The zero-order chi connectivity index (χ0) is 12.3. The number of ether oxygens (including phenoxy) is 2. The van der Waals surface area contributed by atoms with E-state index in [2.05, 4.69) is 5.48 Å². The van der Waals surface area contributed by atoms with E-state index < -0.39 is 0 Å². The van der Waals surface area contributed by atoms with E-state index in [1.54, 1.807) is 14.2 Å². The topological polar surface area (TPSA) is 50.7 Å². The first-order valence-corrected chi connectivity index (χ1v) is 5.22. The lowest BCUT2D eigenvalue weighted by atomic mass is 10.0. The van der Waals surface area contributed by atoms with Crippen molar-refractivity contribution in [3.8, 4) is 11.5 Å². The van der Waals surface area contributed by atoms with E-state index in [0.29, 0.717) is 16.5 Å². The normalized spacial score (nSPS) is 10.4. The Balaban J connectivity index is 3.50. The van der Waals surface area contributed by atoms with Gasteiger partial charge in [0.05, 0.1) is 19.2 Å². The molecule has 90 valence electrons. The van der Waals surface area contributed by atoms with Gasteiger partial charge in [0.1, 0.15) is 11.5 Å². The van der Waals surface area contributed by atoms with E-state index in [1.165, 1.54) is 0 Å². The van der Waals surface area contributed by atoms with Gasteiger partial charge in [0.15, 0.2) is 0 Å². The highest BCUT2D eigenvalue weighted by molar-refractivity contribution is 6.33. The molecule has 0 saturated heterocycles. The second-order valence-electron chi connectivity index (χ2n) is 3.44. The Morgan fingerprint density at radius 3 is 2.12 bits per heavy atom. The van der Waals surface area contributed by atoms with Crippen molar-refractivity contribution in [3.63, 3.8) is 0 Å². The summed E-state index contributed by atoms with van der Waals surface area (Å²) in [4.78, 5) is 0. The van der Waals surface area contributed by atoms with Gasteiger partial charge in [-0.1, -0.05) is 11.6 Å². The minimum absolute atomic E-state index is 0.281. The van der Waals surface area contributed by atoms with E-state index >= 15 is 0 Å². The number of nitrogens with one attached hydrogen (secondary N) is 1. The lowest BCUT2D eigenvalue weighted by molar-refractivity contribution is 0.159. The van der Waals surface area contributed by atoms with Crippen LogP contribution in [-0.4, -0.2) is 19.4 Å². The van der Waals surface area contributed by atoms with Gasteiger partial charge in [-0.3, -0.25) is 0 Å².